The van der Waals surface area contributed by atoms with Crippen molar-refractivity contribution in [3.05, 3.63) is 11.9 Å². The zero-order valence-electron chi connectivity index (χ0n) is 10.7. The van der Waals surface area contributed by atoms with Crippen LogP contribution in [0.5, 0.6) is 0 Å². The number of nitrogens with one attached hydrogen (secondary N) is 1. The highest BCUT2D eigenvalue weighted by Gasteiger charge is 2.14. The lowest BCUT2D eigenvalue weighted by atomic mass is 10.1. The normalized spacial score (nSPS) is 19.7. The molecule has 0 amide bonds. The average Bonchev–Trinajstić information content (AvgIpc) is 2.37. The predicted molar refractivity (Wildman–Crippen MR) is 69.2 cm³/mol. The molecule has 100 valence electrons. The fourth-order valence-electron chi connectivity index (χ4n) is 1.91. The van der Waals surface area contributed by atoms with Gasteiger partial charge in [-0.2, -0.15) is 0 Å². The van der Waals surface area contributed by atoms with Crippen molar-refractivity contribution < 1.29 is 9.47 Å². The minimum Gasteiger partial charge on any atom is -0.384 e. The molecule has 6 nitrogen and oxygen atoms in total. The maximum absolute atomic E-state index is 5.76. The molecule has 1 fully saturated rings. The standard InChI is InChI=1S/C12H20N4O2/c1-2-17-8-12-15-10(13)6-11(16-12)14-9-4-3-5-18-7-9/h6,9H,2-5,7-8H2,1H3,(H3,13,14,15,16). The van der Waals surface area contributed by atoms with Gasteiger partial charge in [0.25, 0.3) is 0 Å². The highest BCUT2D eigenvalue weighted by atomic mass is 16.5. The summed E-state index contributed by atoms with van der Waals surface area (Å²) in [6, 6.07) is 2.04. The molecule has 1 saturated heterocycles. The molecule has 0 bridgehead atoms. The molecule has 0 aliphatic carbocycles. The molecule has 0 saturated carbocycles. The molecule has 3 N–H and O–H groups in total. The van der Waals surface area contributed by atoms with E-state index in [2.05, 4.69) is 15.3 Å². The summed E-state index contributed by atoms with van der Waals surface area (Å²) in [5.41, 5.74) is 5.76. The number of aromatic nitrogens is 2. The smallest absolute Gasteiger partial charge is 0.158 e. The molecule has 2 heterocycles. The maximum Gasteiger partial charge on any atom is 0.158 e. The van der Waals surface area contributed by atoms with E-state index in [-0.39, 0.29) is 0 Å². The van der Waals surface area contributed by atoms with E-state index in [1.807, 2.05) is 6.92 Å². The summed E-state index contributed by atoms with van der Waals surface area (Å²) in [6.07, 6.45) is 2.16. The molecule has 2 rings (SSSR count). The van der Waals surface area contributed by atoms with Crippen LogP contribution in [0.15, 0.2) is 6.07 Å². The van der Waals surface area contributed by atoms with Gasteiger partial charge in [0.15, 0.2) is 5.82 Å². The van der Waals surface area contributed by atoms with E-state index in [0.717, 1.165) is 25.3 Å². The van der Waals surface area contributed by atoms with Gasteiger partial charge in [-0.3, -0.25) is 0 Å². The third kappa shape index (κ3) is 3.82. The van der Waals surface area contributed by atoms with E-state index < -0.39 is 0 Å². The summed E-state index contributed by atoms with van der Waals surface area (Å²) in [6.45, 7) is 4.52. The highest BCUT2D eigenvalue weighted by molar-refractivity contribution is 5.45. The van der Waals surface area contributed by atoms with Crippen LogP contribution in [0.2, 0.25) is 0 Å². The summed E-state index contributed by atoms with van der Waals surface area (Å²) >= 11 is 0. The Balaban J connectivity index is 1.99. The number of nitrogen functional groups attached to an aromatic ring is 1. The summed E-state index contributed by atoms with van der Waals surface area (Å²) < 4.78 is 10.7. The Morgan fingerprint density at radius 3 is 3.17 bits per heavy atom. The zero-order valence-corrected chi connectivity index (χ0v) is 10.7. The summed E-state index contributed by atoms with van der Waals surface area (Å²) in [7, 11) is 0. The number of hydrogen-bond acceptors (Lipinski definition) is 6. The van der Waals surface area contributed by atoms with Gasteiger partial charge in [0.1, 0.15) is 18.2 Å². The fourth-order valence-corrected chi connectivity index (χ4v) is 1.91. The molecule has 1 atom stereocenters. The van der Waals surface area contributed by atoms with Gasteiger partial charge in [-0.15, -0.1) is 0 Å². The number of anilines is 2. The van der Waals surface area contributed by atoms with E-state index in [1.165, 1.54) is 0 Å². The van der Waals surface area contributed by atoms with Crippen LogP contribution in [0.3, 0.4) is 0 Å². The van der Waals surface area contributed by atoms with E-state index in [4.69, 9.17) is 15.2 Å². The Morgan fingerprint density at radius 1 is 1.56 bits per heavy atom. The second-order valence-electron chi connectivity index (χ2n) is 4.29. The van der Waals surface area contributed by atoms with E-state index in [1.54, 1.807) is 6.07 Å². The second-order valence-corrected chi connectivity index (χ2v) is 4.29. The number of nitrogens with zero attached hydrogens (tertiary/aromatic N) is 2. The van der Waals surface area contributed by atoms with E-state index in [0.29, 0.717) is 37.5 Å². The average molecular weight is 252 g/mol. The molecule has 1 aromatic heterocycles. The minimum atomic E-state index is 0.299. The molecule has 0 radical (unpaired) electrons. The Morgan fingerprint density at radius 2 is 2.44 bits per heavy atom. The quantitative estimate of drug-likeness (QED) is 0.819. The largest absolute Gasteiger partial charge is 0.384 e. The molecule has 0 spiro atoms. The summed E-state index contributed by atoms with van der Waals surface area (Å²) in [5.74, 6) is 1.81. The minimum absolute atomic E-state index is 0.299. The SMILES string of the molecule is CCOCc1nc(N)cc(NC2CCCOC2)n1. The van der Waals surface area contributed by atoms with Crippen molar-refractivity contribution in [2.75, 3.05) is 30.9 Å². The molecule has 1 aliphatic heterocycles. The van der Waals surface area contributed by atoms with Crippen LogP contribution in [0, 0.1) is 0 Å². The van der Waals surface area contributed by atoms with Gasteiger partial charge in [-0.1, -0.05) is 0 Å². The lowest BCUT2D eigenvalue weighted by Crippen LogP contribution is -2.30. The molecule has 1 aromatic rings. The number of nitrogens with two attached hydrogens (primary N) is 1. The van der Waals surface area contributed by atoms with Crippen LogP contribution in [-0.4, -0.2) is 35.8 Å². The van der Waals surface area contributed by atoms with E-state index in [9.17, 15) is 0 Å². The summed E-state index contributed by atoms with van der Waals surface area (Å²) in [5, 5.41) is 3.33. The highest BCUT2D eigenvalue weighted by Crippen LogP contribution is 2.14. The van der Waals surface area contributed by atoms with Gasteiger partial charge < -0.3 is 20.5 Å². The van der Waals surface area contributed by atoms with Crippen molar-refractivity contribution in [1.82, 2.24) is 9.97 Å². The summed E-state index contributed by atoms with van der Waals surface area (Å²) in [4.78, 5) is 8.52. The molecule has 1 unspecified atom stereocenters. The lowest BCUT2D eigenvalue weighted by molar-refractivity contribution is 0.0874. The topological polar surface area (TPSA) is 82.3 Å². The monoisotopic (exact) mass is 252 g/mol. The first-order valence-electron chi connectivity index (χ1n) is 6.33. The van der Waals surface area contributed by atoms with Crippen LogP contribution in [0.1, 0.15) is 25.6 Å². The van der Waals surface area contributed by atoms with Gasteiger partial charge in [0.2, 0.25) is 0 Å². The first-order valence-corrected chi connectivity index (χ1v) is 6.33. The third-order valence-corrected chi connectivity index (χ3v) is 2.74. The molecular formula is C12H20N4O2. The van der Waals surface area contributed by atoms with Gasteiger partial charge in [0.05, 0.1) is 12.6 Å². The molecule has 0 aromatic carbocycles. The van der Waals surface area contributed by atoms with Crippen LogP contribution < -0.4 is 11.1 Å². The zero-order chi connectivity index (χ0) is 12.8. The van der Waals surface area contributed by atoms with Crippen LogP contribution in [-0.2, 0) is 16.1 Å². The van der Waals surface area contributed by atoms with Gasteiger partial charge >= 0.3 is 0 Å². The predicted octanol–water partition coefficient (Wildman–Crippen LogP) is 1.19. The van der Waals surface area contributed by atoms with Crippen molar-refractivity contribution in [1.29, 1.82) is 0 Å². The number of rotatable bonds is 5. The fraction of sp³-hybridized carbons (Fsp3) is 0.667. The van der Waals surface area contributed by atoms with E-state index >= 15 is 0 Å². The maximum atomic E-state index is 5.76. The Bertz CT molecular complexity index is 380. The first-order chi connectivity index (χ1) is 8.78. The Labute approximate surface area is 107 Å². The lowest BCUT2D eigenvalue weighted by Gasteiger charge is -2.23. The van der Waals surface area contributed by atoms with Crippen molar-refractivity contribution in [2.24, 2.45) is 0 Å². The van der Waals surface area contributed by atoms with Crippen molar-refractivity contribution >= 4 is 11.6 Å². The number of hydrogen-bond donors (Lipinski definition) is 2. The molecule has 1 aliphatic rings. The van der Waals surface area contributed by atoms with Crippen molar-refractivity contribution in [2.45, 2.75) is 32.4 Å². The second kappa shape index (κ2) is 6.51. The Kier molecular flexibility index (Phi) is 4.72. The number of ether oxygens (including phenoxy) is 2. The molecule has 18 heavy (non-hydrogen) atoms. The van der Waals surface area contributed by atoms with Crippen LogP contribution >= 0.6 is 0 Å². The van der Waals surface area contributed by atoms with Crippen LogP contribution in [0.4, 0.5) is 11.6 Å². The van der Waals surface area contributed by atoms with Gasteiger partial charge in [-0.05, 0) is 19.8 Å². The molecular weight excluding hydrogens is 232 g/mol. The first kappa shape index (κ1) is 13.0. The Hall–Kier alpha value is -1.40. The van der Waals surface area contributed by atoms with Gasteiger partial charge in [-0.25, -0.2) is 9.97 Å². The third-order valence-electron chi connectivity index (χ3n) is 2.74. The molecule has 6 heteroatoms. The van der Waals surface area contributed by atoms with Crippen molar-refractivity contribution in [3.8, 4) is 0 Å². The van der Waals surface area contributed by atoms with Crippen molar-refractivity contribution in [3.63, 3.8) is 0 Å². The van der Waals surface area contributed by atoms with Crippen LogP contribution in [0.25, 0.3) is 0 Å². The van der Waals surface area contributed by atoms with Gasteiger partial charge in [0, 0.05) is 19.3 Å².